The van der Waals surface area contributed by atoms with Crippen LogP contribution in [-0.4, -0.2) is 90.3 Å². The minimum atomic E-state index is -2.62. The number of hydrogen-bond acceptors (Lipinski definition) is 9. The van der Waals surface area contributed by atoms with Crippen LogP contribution in [0, 0.1) is 0 Å². The van der Waals surface area contributed by atoms with E-state index < -0.39 is 17.6 Å². The summed E-state index contributed by atoms with van der Waals surface area (Å²) in [6.07, 6.45) is 2.03. The minimum Gasteiger partial charge on any atom is -0.379 e. The van der Waals surface area contributed by atoms with Gasteiger partial charge in [-0.15, -0.1) is 0 Å². The highest BCUT2D eigenvalue weighted by molar-refractivity contribution is 6.62. The van der Waals surface area contributed by atoms with Crippen LogP contribution in [0.3, 0.4) is 0 Å². The van der Waals surface area contributed by atoms with E-state index >= 15 is 0 Å². The van der Waals surface area contributed by atoms with E-state index in [1.165, 1.54) is 0 Å². The summed E-state index contributed by atoms with van der Waals surface area (Å²) in [5.74, 6) is 0. The molecule has 0 bridgehead atoms. The van der Waals surface area contributed by atoms with Crippen molar-refractivity contribution in [3.05, 3.63) is 0 Å². The molecule has 0 spiro atoms. The van der Waals surface area contributed by atoms with Gasteiger partial charge in [-0.25, -0.2) is 0 Å². The molecular formula is C18H43NO8Si2. The molecule has 0 radical (unpaired) electrons. The molecule has 0 aromatic rings. The Labute approximate surface area is 179 Å². The summed E-state index contributed by atoms with van der Waals surface area (Å²) in [5, 5.41) is 0. The SMILES string of the molecule is CCO[Si](OCC)(OCC)C(N)CC.CO[Si](CCCOCC1CO1)(OC)OC. The van der Waals surface area contributed by atoms with Crippen molar-refractivity contribution in [1.82, 2.24) is 0 Å². The van der Waals surface area contributed by atoms with Gasteiger partial charge >= 0.3 is 17.6 Å². The van der Waals surface area contributed by atoms with Crippen LogP contribution in [0.1, 0.15) is 40.5 Å². The van der Waals surface area contributed by atoms with Crippen molar-refractivity contribution in [2.45, 2.75) is 58.3 Å². The number of epoxide rings is 1. The normalized spacial score (nSPS) is 17.6. The molecule has 0 aliphatic carbocycles. The molecule has 176 valence electrons. The van der Waals surface area contributed by atoms with Gasteiger partial charge in [-0.3, -0.25) is 0 Å². The average molecular weight is 458 g/mol. The highest BCUT2D eigenvalue weighted by Gasteiger charge is 2.46. The fourth-order valence-corrected chi connectivity index (χ4v) is 6.91. The smallest absolute Gasteiger partial charge is 0.379 e. The lowest BCUT2D eigenvalue weighted by molar-refractivity contribution is 0.0618. The largest absolute Gasteiger partial charge is 0.518 e. The average Bonchev–Trinajstić information content (AvgIpc) is 3.56. The first-order valence-corrected chi connectivity index (χ1v) is 14.2. The maximum Gasteiger partial charge on any atom is 0.518 e. The minimum absolute atomic E-state index is 0.123. The van der Waals surface area contributed by atoms with Gasteiger partial charge in [0.1, 0.15) is 6.10 Å². The molecule has 0 aromatic carbocycles. The summed E-state index contributed by atoms with van der Waals surface area (Å²) in [7, 11) is -0.142. The van der Waals surface area contributed by atoms with Gasteiger partial charge in [0.25, 0.3) is 0 Å². The molecule has 0 amide bonds. The van der Waals surface area contributed by atoms with E-state index in [1.807, 2.05) is 27.7 Å². The molecule has 0 aromatic heterocycles. The van der Waals surface area contributed by atoms with Crippen LogP contribution in [0.15, 0.2) is 0 Å². The lowest BCUT2D eigenvalue weighted by Crippen LogP contribution is -2.60. The summed E-state index contributed by atoms with van der Waals surface area (Å²) >= 11 is 0. The number of rotatable bonds is 17. The van der Waals surface area contributed by atoms with E-state index in [9.17, 15) is 0 Å². The molecule has 1 heterocycles. The van der Waals surface area contributed by atoms with Gasteiger partial charge < -0.3 is 41.8 Å². The van der Waals surface area contributed by atoms with Gasteiger partial charge in [0, 0.05) is 53.8 Å². The fourth-order valence-electron chi connectivity index (χ4n) is 2.63. The first-order chi connectivity index (χ1) is 13.9. The van der Waals surface area contributed by atoms with Crippen molar-refractivity contribution < 1.29 is 36.0 Å². The van der Waals surface area contributed by atoms with Crippen molar-refractivity contribution in [2.75, 3.05) is 61.0 Å². The second-order valence-corrected chi connectivity index (χ2v) is 12.3. The molecule has 2 unspecified atom stereocenters. The third-order valence-corrected chi connectivity index (χ3v) is 10.6. The Hall–Kier alpha value is 0.0738. The first kappa shape index (κ1) is 29.1. The molecule has 2 N–H and O–H groups in total. The molecule has 0 saturated carbocycles. The second kappa shape index (κ2) is 16.7. The van der Waals surface area contributed by atoms with Gasteiger partial charge in [-0.2, -0.15) is 0 Å². The van der Waals surface area contributed by atoms with Gasteiger partial charge in [-0.1, -0.05) is 6.92 Å². The highest BCUT2D eigenvalue weighted by atomic mass is 28.4. The van der Waals surface area contributed by atoms with Crippen LogP contribution in [0.5, 0.6) is 0 Å². The summed E-state index contributed by atoms with van der Waals surface area (Å²) in [6.45, 7) is 11.8. The summed E-state index contributed by atoms with van der Waals surface area (Å²) in [6, 6.07) is 0.780. The van der Waals surface area contributed by atoms with Crippen LogP contribution in [0.4, 0.5) is 0 Å². The van der Waals surface area contributed by atoms with E-state index in [0.717, 1.165) is 25.5 Å². The van der Waals surface area contributed by atoms with Crippen LogP contribution in [0.2, 0.25) is 6.04 Å². The topological polar surface area (TPSA) is 103 Å². The molecule has 2 atom stereocenters. The maximum absolute atomic E-state index is 6.00. The molecule has 1 aliphatic rings. The molecular weight excluding hydrogens is 414 g/mol. The van der Waals surface area contributed by atoms with Gasteiger partial charge in [0.05, 0.1) is 18.9 Å². The number of nitrogens with two attached hydrogens (primary N) is 1. The molecule has 29 heavy (non-hydrogen) atoms. The molecule has 1 aliphatic heterocycles. The third kappa shape index (κ3) is 11.3. The van der Waals surface area contributed by atoms with Crippen molar-refractivity contribution in [3.63, 3.8) is 0 Å². The highest BCUT2D eigenvalue weighted by Crippen LogP contribution is 2.16. The standard InChI is InChI=1S/C9H23NO3Si.C9H20O5Si/c1-5-9(10)14(11-6-2,12-7-3)13-8-4;1-10-15(11-2,12-3)6-4-5-13-7-9-8-14-9/h9H,5-8,10H2,1-4H3;9H,4-8H2,1-3H3. The van der Waals surface area contributed by atoms with Crippen molar-refractivity contribution in [1.29, 1.82) is 0 Å². The second-order valence-electron chi connectivity index (χ2n) is 6.35. The Morgan fingerprint density at radius 1 is 0.931 bits per heavy atom. The summed E-state index contributed by atoms with van der Waals surface area (Å²) < 4.78 is 43.2. The summed E-state index contributed by atoms with van der Waals surface area (Å²) in [4.78, 5) is 0. The van der Waals surface area contributed by atoms with E-state index in [2.05, 4.69) is 0 Å². The van der Waals surface area contributed by atoms with Crippen LogP contribution in [0.25, 0.3) is 0 Å². The zero-order valence-electron chi connectivity index (χ0n) is 19.4. The Balaban J connectivity index is 0.000000543. The van der Waals surface area contributed by atoms with Crippen molar-refractivity contribution in [3.8, 4) is 0 Å². The third-order valence-electron chi connectivity index (χ3n) is 4.34. The first-order valence-electron chi connectivity index (χ1n) is 10.4. The lowest BCUT2D eigenvalue weighted by atomic mass is 10.5. The Bertz CT molecular complexity index is 362. The van der Waals surface area contributed by atoms with Gasteiger partial charge in [0.15, 0.2) is 0 Å². The Morgan fingerprint density at radius 2 is 1.41 bits per heavy atom. The maximum atomic E-state index is 6.00. The van der Waals surface area contributed by atoms with Crippen LogP contribution in [-0.2, 0) is 36.0 Å². The zero-order valence-corrected chi connectivity index (χ0v) is 21.4. The van der Waals surface area contributed by atoms with E-state index in [-0.39, 0.29) is 5.67 Å². The van der Waals surface area contributed by atoms with Crippen molar-refractivity contribution in [2.24, 2.45) is 5.73 Å². The number of hydrogen-bond donors (Lipinski definition) is 1. The summed E-state index contributed by atoms with van der Waals surface area (Å²) in [5.41, 5.74) is 5.87. The number of ether oxygens (including phenoxy) is 2. The van der Waals surface area contributed by atoms with Crippen LogP contribution < -0.4 is 5.73 Å². The van der Waals surface area contributed by atoms with Gasteiger partial charge in [-0.05, 0) is 33.6 Å². The van der Waals surface area contributed by atoms with E-state index in [1.54, 1.807) is 21.3 Å². The van der Waals surface area contributed by atoms with Crippen LogP contribution >= 0.6 is 0 Å². The van der Waals surface area contributed by atoms with Crippen molar-refractivity contribution >= 4 is 17.6 Å². The Kier molecular flexibility index (Phi) is 16.8. The molecule has 9 nitrogen and oxygen atoms in total. The zero-order chi connectivity index (χ0) is 22.2. The quantitative estimate of drug-likeness (QED) is 0.199. The Morgan fingerprint density at radius 3 is 1.76 bits per heavy atom. The molecule has 11 heteroatoms. The van der Waals surface area contributed by atoms with Gasteiger partial charge in [0.2, 0.25) is 0 Å². The monoisotopic (exact) mass is 457 g/mol. The molecule has 1 saturated heterocycles. The fraction of sp³-hybridized carbons (Fsp3) is 1.00. The predicted molar refractivity (Wildman–Crippen MR) is 116 cm³/mol. The van der Waals surface area contributed by atoms with E-state index in [0.29, 0.717) is 39.1 Å². The van der Waals surface area contributed by atoms with E-state index in [4.69, 9.17) is 41.8 Å². The predicted octanol–water partition coefficient (Wildman–Crippen LogP) is 1.98. The molecule has 1 fully saturated rings. The molecule has 1 rings (SSSR count). The lowest BCUT2D eigenvalue weighted by Gasteiger charge is -2.32.